The van der Waals surface area contributed by atoms with Gasteiger partial charge in [-0.15, -0.1) is 0 Å². The number of nitrogens with two attached hydrogens (primary N) is 1. The maximum atomic E-state index is 13.3. The lowest BCUT2D eigenvalue weighted by Crippen LogP contribution is -2.27. The van der Waals surface area contributed by atoms with Crippen LogP contribution in [0, 0.1) is 5.82 Å². The van der Waals surface area contributed by atoms with Crippen LogP contribution >= 0.6 is 0 Å². The lowest BCUT2D eigenvalue weighted by molar-refractivity contribution is 0.478. The van der Waals surface area contributed by atoms with Gasteiger partial charge in [-0.05, 0) is 18.2 Å². The van der Waals surface area contributed by atoms with Gasteiger partial charge in [0, 0.05) is 19.3 Å². The summed E-state index contributed by atoms with van der Waals surface area (Å²) < 4.78 is 37.9. The Morgan fingerprint density at radius 1 is 1.47 bits per heavy atom. The first-order valence-corrected chi connectivity index (χ1v) is 5.85. The van der Waals surface area contributed by atoms with Gasteiger partial charge in [0.1, 0.15) is 10.7 Å². The number of rotatable bonds is 3. The van der Waals surface area contributed by atoms with Crippen molar-refractivity contribution < 1.29 is 12.8 Å². The van der Waals surface area contributed by atoms with E-state index in [4.69, 9.17) is 5.73 Å². The number of hydrogen-bond donors (Lipinski definition) is 1. The van der Waals surface area contributed by atoms with Crippen molar-refractivity contribution in [2.45, 2.75) is 11.8 Å². The third-order valence-corrected chi connectivity index (χ3v) is 4.04. The van der Waals surface area contributed by atoms with E-state index in [1.54, 1.807) is 6.92 Å². The SMILES string of the molecule is CCN(C)S(=O)(=O)c1cc(N)ccc1F. The molecule has 0 heterocycles. The number of halogens is 1. The van der Waals surface area contributed by atoms with Crippen LogP contribution in [0.5, 0.6) is 0 Å². The first-order chi connectivity index (χ1) is 6.89. The van der Waals surface area contributed by atoms with E-state index in [0.717, 1.165) is 16.4 Å². The second-order valence-electron chi connectivity index (χ2n) is 3.11. The summed E-state index contributed by atoms with van der Waals surface area (Å²) in [5.74, 6) is -0.787. The maximum Gasteiger partial charge on any atom is 0.245 e. The first-order valence-electron chi connectivity index (χ1n) is 4.41. The molecule has 0 bridgehead atoms. The second-order valence-corrected chi connectivity index (χ2v) is 5.12. The molecule has 6 heteroatoms. The van der Waals surface area contributed by atoms with Crippen LogP contribution in [0.15, 0.2) is 23.1 Å². The molecular formula is C9H13FN2O2S. The Kier molecular flexibility index (Phi) is 3.31. The largest absolute Gasteiger partial charge is 0.399 e. The summed E-state index contributed by atoms with van der Waals surface area (Å²) in [4.78, 5) is -0.383. The summed E-state index contributed by atoms with van der Waals surface area (Å²) in [6.45, 7) is 1.94. The minimum Gasteiger partial charge on any atom is -0.399 e. The highest BCUT2D eigenvalue weighted by Gasteiger charge is 2.23. The minimum absolute atomic E-state index is 0.222. The highest BCUT2D eigenvalue weighted by molar-refractivity contribution is 7.89. The second kappa shape index (κ2) is 4.16. The Labute approximate surface area is 88.6 Å². The number of hydrogen-bond acceptors (Lipinski definition) is 3. The summed E-state index contributed by atoms with van der Waals surface area (Å²) >= 11 is 0. The predicted octanol–water partition coefficient (Wildman–Crippen LogP) is 1.05. The molecule has 0 spiro atoms. The van der Waals surface area contributed by atoms with E-state index in [0.29, 0.717) is 0 Å². The minimum atomic E-state index is -3.76. The van der Waals surface area contributed by atoms with Gasteiger partial charge in [-0.25, -0.2) is 17.1 Å². The molecule has 1 aromatic carbocycles. The van der Waals surface area contributed by atoms with E-state index in [-0.39, 0.29) is 17.1 Å². The molecule has 0 amide bonds. The fourth-order valence-electron chi connectivity index (χ4n) is 1.06. The Balaban J connectivity index is 3.33. The van der Waals surface area contributed by atoms with Crippen LogP contribution in [-0.4, -0.2) is 26.3 Å². The monoisotopic (exact) mass is 232 g/mol. The third kappa shape index (κ3) is 2.27. The zero-order chi connectivity index (χ0) is 11.6. The first kappa shape index (κ1) is 11.9. The van der Waals surface area contributed by atoms with E-state index in [1.807, 2.05) is 0 Å². The molecule has 0 saturated carbocycles. The van der Waals surface area contributed by atoms with E-state index < -0.39 is 15.8 Å². The fraction of sp³-hybridized carbons (Fsp3) is 0.333. The highest BCUT2D eigenvalue weighted by Crippen LogP contribution is 2.20. The quantitative estimate of drug-likeness (QED) is 0.792. The molecule has 84 valence electrons. The van der Waals surface area contributed by atoms with Crippen LogP contribution in [0.4, 0.5) is 10.1 Å². The van der Waals surface area contributed by atoms with Crippen molar-refractivity contribution in [3.63, 3.8) is 0 Å². The average Bonchev–Trinajstić information content (AvgIpc) is 2.20. The molecule has 1 rings (SSSR count). The topological polar surface area (TPSA) is 63.4 Å². The zero-order valence-corrected chi connectivity index (χ0v) is 9.38. The highest BCUT2D eigenvalue weighted by atomic mass is 32.2. The molecule has 0 fully saturated rings. The number of sulfonamides is 1. The number of nitrogen functional groups attached to an aromatic ring is 1. The van der Waals surface area contributed by atoms with Gasteiger partial charge in [0.05, 0.1) is 0 Å². The molecule has 0 radical (unpaired) electrons. The molecule has 1 aromatic rings. The van der Waals surface area contributed by atoms with E-state index in [1.165, 1.54) is 13.1 Å². The molecule has 0 saturated heterocycles. The molecule has 0 aromatic heterocycles. The molecule has 4 nitrogen and oxygen atoms in total. The van der Waals surface area contributed by atoms with Gasteiger partial charge < -0.3 is 5.73 Å². The average molecular weight is 232 g/mol. The van der Waals surface area contributed by atoms with Crippen LogP contribution in [0.25, 0.3) is 0 Å². The summed E-state index contributed by atoms with van der Waals surface area (Å²) in [6, 6.07) is 3.49. The van der Waals surface area contributed by atoms with Crippen LogP contribution < -0.4 is 5.73 Å². The van der Waals surface area contributed by atoms with Gasteiger partial charge in [0.2, 0.25) is 10.0 Å². The van der Waals surface area contributed by atoms with Crippen LogP contribution in [-0.2, 0) is 10.0 Å². The van der Waals surface area contributed by atoms with Gasteiger partial charge in [0.15, 0.2) is 0 Å². The van der Waals surface area contributed by atoms with Gasteiger partial charge in [-0.3, -0.25) is 0 Å². The number of benzene rings is 1. The molecule has 0 aliphatic heterocycles. The van der Waals surface area contributed by atoms with Crippen LogP contribution in [0.1, 0.15) is 6.92 Å². The predicted molar refractivity (Wildman–Crippen MR) is 56.3 cm³/mol. The van der Waals surface area contributed by atoms with Crippen molar-refractivity contribution in [2.24, 2.45) is 0 Å². The van der Waals surface area contributed by atoms with E-state index >= 15 is 0 Å². The zero-order valence-electron chi connectivity index (χ0n) is 8.57. The van der Waals surface area contributed by atoms with Crippen LogP contribution in [0.3, 0.4) is 0 Å². The summed E-state index contributed by atoms with van der Waals surface area (Å²) in [6.07, 6.45) is 0. The Bertz CT molecular complexity index is 459. The van der Waals surface area contributed by atoms with E-state index in [9.17, 15) is 12.8 Å². The van der Waals surface area contributed by atoms with Crippen molar-refractivity contribution >= 4 is 15.7 Å². The number of anilines is 1. The lowest BCUT2D eigenvalue weighted by atomic mass is 10.3. The molecule has 15 heavy (non-hydrogen) atoms. The van der Waals surface area contributed by atoms with Gasteiger partial charge in [0.25, 0.3) is 0 Å². The van der Waals surface area contributed by atoms with Crippen molar-refractivity contribution in [3.05, 3.63) is 24.0 Å². The lowest BCUT2D eigenvalue weighted by Gasteiger charge is -2.15. The standard InChI is InChI=1S/C9H13FN2O2S/c1-3-12(2)15(13,14)9-6-7(11)4-5-8(9)10/h4-6H,3,11H2,1-2H3. The van der Waals surface area contributed by atoms with Gasteiger partial charge in [-0.2, -0.15) is 0 Å². The summed E-state index contributed by atoms with van der Waals surface area (Å²) in [5.41, 5.74) is 5.64. The van der Waals surface area contributed by atoms with Gasteiger partial charge >= 0.3 is 0 Å². The Hall–Kier alpha value is -1.14. The summed E-state index contributed by atoms with van der Waals surface area (Å²) in [7, 11) is -2.38. The van der Waals surface area contributed by atoms with Crippen molar-refractivity contribution in [1.29, 1.82) is 0 Å². The molecule has 0 aliphatic carbocycles. The van der Waals surface area contributed by atoms with Crippen molar-refractivity contribution in [1.82, 2.24) is 4.31 Å². The molecule has 2 N–H and O–H groups in total. The Morgan fingerprint density at radius 3 is 2.60 bits per heavy atom. The smallest absolute Gasteiger partial charge is 0.245 e. The fourth-order valence-corrected chi connectivity index (χ4v) is 2.33. The number of nitrogens with zero attached hydrogens (tertiary/aromatic N) is 1. The maximum absolute atomic E-state index is 13.3. The van der Waals surface area contributed by atoms with Gasteiger partial charge in [-0.1, -0.05) is 6.92 Å². The molecule has 0 aliphatic rings. The van der Waals surface area contributed by atoms with Crippen LogP contribution in [0.2, 0.25) is 0 Å². The van der Waals surface area contributed by atoms with Crippen molar-refractivity contribution in [2.75, 3.05) is 19.3 Å². The Morgan fingerprint density at radius 2 is 2.07 bits per heavy atom. The molecular weight excluding hydrogens is 219 g/mol. The van der Waals surface area contributed by atoms with E-state index in [2.05, 4.69) is 0 Å². The molecule has 0 atom stereocenters. The molecule has 0 unspecified atom stereocenters. The normalized spacial score (nSPS) is 12.0. The summed E-state index contributed by atoms with van der Waals surface area (Å²) in [5, 5.41) is 0. The third-order valence-electron chi connectivity index (χ3n) is 2.09. The van der Waals surface area contributed by atoms with Crippen molar-refractivity contribution in [3.8, 4) is 0 Å².